The molecule has 0 unspecified atom stereocenters. The first-order chi connectivity index (χ1) is 25.8. The Kier molecular flexibility index (Phi) is 8.16. The summed E-state index contributed by atoms with van der Waals surface area (Å²) in [7, 11) is 0. The molecule has 272 valence electrons. The highest BCUT2D eigenvalue weighted by Gasteiger charge is 2.66. The number of alkyl halides is 3. The lowest BCUT2D eigenvalue weighted by Crippen LogP contribution is -2.58. The van der Waals surface area contributed by atoms with Crippen LogP contribution in [0.3, 0.4) is 0 Å². The number of phenols is 1. The highest BCUT2D eigenvalue weighted by atomic mass is 19.4. The molecule has 1 aliphatic heterocycles. The number of benzene rings is 4. The topological polar surface area (TPSA) is 138 Å². The van der Waals surface area contributed by atoms with Crippen molar-refractivity contribution in [1.82, 2.24) is 0 Å². The third-order valence-electron chi connectivity index (χ3n) is 11.3. The van der Waals surface area contributed by atoms with E-state index in [0.29, 0.717) is 16.7 Å². The minimum atomic E-state index is -5.09. The Morgan fingerprint density at radius 2 is 1.54 bits per heavy atom. The van der Waals surface area contributed by atoms with E-state index in [1.54, 1.807) is 66.7 Å². The molecule has 1 saturated heterocycles. The maximum absolute atomic E-state index is 15.1. The smallest absolute Gasteiger partial charge is 0.508 e. The van der Waals surface area contributed by atoms with Crippen LogP contribution in [0.15, 0.2) is 121 Å². The summed E-state index contributed by atoms with van der Waals surface area (Å²) in [6.07, 6.45) is -2.23. The second kappa shape index (κ2) is 12.7. The zero-order valence-corrected chi connectivity index (χ0v) is 28.2. The average Bonchev–Trinajstić information content (AvgIpc) is 3.42. The number of fused-ring (bicyclic) bond motifs is 4. The van der Waals surface area contributed by atoms with E-state index < -0.39 is 82.2 Å². The van der Waals surface area contributed by atoms with Crippen LogP contribution in [-0.4, -0.2) is 45.9 Å². The first-order valence-electron chi connectivity index (χ1n) is 17.2. The Hall–Kier alpha value is -6.30. The summed E-state index contributed by atoms with van der Waals surface area (Å²) < 4.78 is 45.0. The molecule has 4 aliphatic rings. The molecular weight excluding hydrogens is 703 g/mol. The van der Waals surface area contributed by atoms with Crippen molar-refractivity contribution in [1.29, 1.82) is 0 Å². The van der Waals surface area contributed by atoms with Gasteiger partial charge in [0.1, 0.15) is 11.5 Å². The van der Waals surface area contributed by atoms with E-state index in [0.717, 1.165) is 23.1 Å². The summed E-state index contributed by atoms with van der Waals surface area (Å²) in [5.74, 6) is -9.96. The monoisotopic (exact) mass is 733 g/mol. The van der Waals surface area contributed by atoms with E-state index in [-0.39, 0.29) is 35.2 Å². The molecule has 6 atom stereocenters. The summed E-state index contributed by atoms with van der Waals surface area (Å²) in [4.78, 5) is 71.4. The lowest BCUT2D eigenvalue weighted by Gasteiger charge is -2.55. The van der Waals surface area contributed by atoms with Crippen LogP contribution < -0.4 is 9.64 Å². The van der Waals surface area contributed by atoms with E-state index in [4.69, 9.17) is 0 Å². The number of ether oxygens (including phenoxy) is 1. The molecule has 3 aliphatic carbocycles. The number of carboxylic acids is 1. The standard InChI is InChI=1S/C42H30F3NO8/c43-42(44,45)54-26-14-17-33(47)31(19-26)36-27-15-16-28-35(39(51)46(38(28)50)25-13-7-10-23(18-25)40(52)53)30(27)20-32-37(49)29(22-8-3-1-4-9-22)21-34(48)41(32,36)24-11-5-2-6-12-24/h1-15,17-19,21,28,30,32,35-36,47H,16,20H2,(H,52,53)/t28-,30+,32-,35-,36+,41-/m0/s1. The van der Waals surface area contributed by atoms with Crippen LogP contribution in [0.25, 0.3) is 5.57 Å². The fourth-order valence-electron chi connectivity index (χ4n) is 9.21. The number of anilines is 1. The molecule has 1 heterocycles. The van der Waals surface area contributed by atoms with E-state index in [1.807, 2.05) is 0 Å². The minimum Gasteiger partial charge on any atom is -0.508 e. The first-order valence-corrected chi connectivity index (χ1v) is 17.2. The van der Waals surface area contributed by atoms with Crippen molar-refractivity contribution in [2.75, 3.05) is 4.90 Å². The van der Waals surface area contributed by atoms with Crippen LogP contribution >= 0.6 is 0 Å². The lowest BCUT2D eigenvalue weighted by atomic mass is 9.44. The SMILES string of the molecule is O=C(O)c1cccc(N2C(=O)[C@H]3[C@H](CC=C4[C@H]3C[C@H]3C(=O)C(c5ccccc5)=CC(=O)[C@@]3(c3ccccc3)[C@H]4c3cc(OC(F)(F)F)ccc3O)C2=O)c1. The van der Waals surface area contributed by atoms with Crippen molar-refractivity contribution in [3.63, 3.8) is 0 Å². The number of phenolic OH excluding ortho intramolecular Hbond substituents is 1. The van der Waals surface area contributed by atoms with Crippen molar-refractivity contribution >= 4 is 40.6 Å². The van der Waals surface area contributed by atoms with Crippen molar-refractivity contribution in [2.45, 2.75) is 30.5 Å². The van der Waals surface area contributed by atoms with Gasteiger partial charge < -0.3 is 14.9 Å². The van der Waals surface area contributed by atoms with Gasteiger partial charge in [0.2, 0.25) is 11.8 Å². The number of hydrogen-bond donors (Lipinski definition) is 2. The van der Waals surface area contributed by atoms with Gasteiger partial charge in [0.05, 0.1) is 28.5 Å². The van der Waals surface area contributed by atoms with E-state index in [1.165, 1.54) is 30.3 Å². The summed E-state index contributed by atoms with van der Waals surface area (Å²) in [6.45, 7) is 0. The van der Waals surface area contributed by atoms with E-state index >= 15 is 9.59 Å². The number of amides is 2. The molecule has 2 N–H and O–H groups in total. The van der Waals surface area contributed by atoms with Gasteiger partial charge in [-0.2, -0.15) is 0 Å². The van der Waals surface area contributed by atoms with Gasteiger partial charge in [-0.25, -0.2) is 4.79 Å². The molecule has 8 rings (SSSR count). The highest BCUT2D eigenvalue weighted by molar-refractivity contribution is 6.32. The normalized spacial score (nSPS) is 26.4. The van der Waals surface area contributed by atoms with Gasteiger partial charge in [-0.15, -0.1) is 13.2 Å². The third-order valence-corrected chi connectivity index (χ3v) is 11.3. The molecule has 2 fully saturated rings. The molecule has 0 radical (unpaired) electrons. The van der Waals surface area contributed by atoms with Gasteiger partial charge in [0.15, 0.2) is 11.6 Å². The first kappa shape index (κ1) is 34.8. The number of carbonyl (C=O) groups is 5. The van der Waals surface area contributed by atoms with Gasteiger partial charge in [-0.1, -0.05) is 78.4 Å². The Morgan fingerprint density at radius 3 is 2.22 bits per heavy atom. The number of aromatic hydroxyl groups is 1. The number of Topliss-reactive ketones (excluding diaryl/α,β-unsaturated/α-hetero) is 1. The molecule has 2 amide bonds. The summed E-state index contributed by atoms with van der Waals surface area (Å²) in [5.41, 5.74) is -0.634. The maximum atomic E-state index is 15.1. The number of carboxylic acid groups (broad SMARTS) is 1. The number of aromatic carboxylic acids is 1. The average molecular weight is 734 g/mol. The predicted octanol–water partition coefficient (Wildman–Crippen LogP) is 7.02. The summed E-state index contributed by atoms with van der Waals surface area (Å²) in [5, 5.41) is 21.1. The van der Waals surface area contributed by atoms with Gasteiger partial charge in [0.25, 0.3) is 0 Å². The number of allylic oxidation sites excluding steroid dienone is 4. The van der Waals surface area contributed by atoms with E-state index in [2.05, 4.69) is 4.74 Å². The van der Waals surface area contributed by atoms with Crippen molar-refractivity contribution in [2.24, 2.45) is 23.7 Å². The maximum Gasteiger partial charge on any atom is 0.573 e. The van der Waals surface area contributed by atoms with Crippen molar-refractivity contribution in [3.8, 4) is 11.5 Å². The van der Waals surface area contributed by atoms with Crippen LogP contribution in [0.5, 0.6) is 11.5 Å². The Morgan fingerprint density at radius 1 is 0.833 bits per heavy atom. The molecule has 0 aromatic heterocycles. The molecule has 12 heteroatoms. The summed E-state index contributed by atoms with van der Waals surface area (Å²) >= 11 is 0. The zero-order valence-electron chi connectivity index (χ0n) is 28.2. The lowest BCUT2D eigenvalue weighted by molar-refractivity contribution is -0.274. The van der Waals surface area contributed by atoms with Gasteiger partial charge in [-0.3, -0.25) is 24.1 Å². The number of hydrogen-bond acceptors (Lipinski definition) is 7. The van der Waals surface area contributed by atoms with Crippen molar-refractivity contribution < 1.29 is 52.1 Å². The van der Waals surface area contributed by atoms with Crippen LogP contribution in [0.2, 0.25) is 0 Å². The fourth-order valence-corrected chi connectivity index (χ4v) is 9.21. The molecule has 0 bridgehead atoms. The van der Waals surface area contributed by atoms with Crippen LogP contribution in [0, 0.1) is 23.7 Å². The van der Waals surface area contributed by atoms with E-state index in [9.17, 15) is 37.8 Å². The molecule has 4 aromatic carbocycles. The number of ketones is 2. The third kappa shape index (κ3) is 5.35. The molecule has 1 saturated carbocycles. The Bertz CT molecular complexity index is 2320. The largest absolute Gasteiger partial charge is 0.573 e. The van der Waals surface area contributed by atoms with Crippen LogP contribution in [0.1, 0.15) is 45.8 Å². The number of halogens is 3. The minimum absolute atomic E-state index is 0.00498. The van der Waals surface area contributed by atoms with Crippen LogP contribution in [-0.2, 0) is 24.6 Å². The highest BCUT2D eigenvalue weighted by Crippen LogP contribution is 2.64. The quantitative estimate of drug-likeness (QED) is 0.159. The number of carbonyl (C=O) groups excluding carboxylic acids is 4. The fraction of sp³-hybridized carbons (Fsp3) is 0.214. The zero-order chi connectivity index (χ0) is 38.1. The molecule has 0 spiro atoms. The molecular formula is C42H30F3NO8. The van der Waals surface area contributed by atoms with Crippen molar-refractivity contribution in [3.05, 3.63) is 143 Å². The second-order valence-corrected chi connectivity index (χ2v) is 13.9. The van der Waals surface area contributed by atoms with Crippen LogP contribution in [0.4, 0.5) is 18.9 Å². The molecule has 4 aromatic rings. The Balaban J connectivity index is 1.36. The number of nitrogens with zero attached hydrogens (tertiary/aromatic N) is 1. The second-order valence-electron chi connectivity index (χ2n) is 13.9. The van der Waals surface area contributed by atoms with Gasteiger partial charge >= 0.3 is 12.3 Å². The molecule has 54 heavy (non-hydrogen) atoms. The van der Waals surface area contributed by atoms with Gasteiger partial charge in [0, 0.05) is 23.0 Å². The van der Waals surface area contributed by atoms with Gasteiger partial charge in [-0.05, 0) is 72.4 Å². The number of imide groups is 1. The Labute approximate surface area is 306 Å². The molecule has 9 nitrogen and oxygen atoms in total. The number of rotatable bonds is 6. The summed E-state index contributed by atoms with van der Waals surface area (Å²) in [6, 6.07) is 25.3. The predicted molar refractivity (Wildman–Crippen MR) is 187 cm³/mol.